The molecule has 2 aromatic rings. The Hall–Kier alpha value is -1.96. The van der Waals surface area contributed by atoms with E-state index in [2.05, 4.69) is 0 Å². The van der Waals surface area contributed by atoms with Crippen molar-refractivity contribution in [2.45, 2.75) is 19.5 Å². The van der Waals surface area contributed by atoms with Gasteiger partial charge in [0, 0.05) is 5.56 Å². The maximum atomic E-state index is 13.7. The SMILES string of the molecule is CC(C)(F)c1ccc(-c2cccc(C=O)c2)cc1. The minimum Gasteiger partial charge on any atom is -0.298 e. The van der Waals surface area contributed by atoms with Crippen LogP contribution in [-0.4, -0.2) is 6.29 Å². The first-order chi connectivity index (χ1) is 8.50. The second kappa shape index (κ2) is 4.73. The zero-order valence-electron chi connectivity index (χ0n) is 10.5. The molecule has 92 valence electrons. The maximum Gasteiger partial charge on any atom is 0.150 e. The Labute approximate surface area is 106 Å². The zero-order valence-corrected chi connectivity index (χ0v) is 10.5. The fraction of sp³-hybridized carbons (Fsp3) is 0.188. The molecule has 0 saturated carbocycles. The van der Waals surface area contributed by atoms with Gasteiger partial charge in [-0.2, -0.15) is 0 Å². The fourth-order valence-corrected chi connectivity index (χ4v) is 1.85. The standard InChI is InChI=1S/C16H15FO/c1-16(2,17)15-8-6-13(7-9-15)14-5-3-4-12(10-14)11-18/h3-11H,1-2H3. The smallest absolute Gasteiger partial charge is 0.150 e. The molecular weight excluding hydrogens is 227 g/mol. The van der Waals surface area contributed by atoms with Crippen LogP contribution in [0, 0.1) is 0 Å². The quantitative estimate of drug-likeness (QED) is 0.730. The minimum absolute atomic E-state index is 0.641. The number of hydrogen-bond acceptors (Lipinski definition) is 1. The summed E-state index contributed by atoms with van der Waals surface area (Å²) in [5, 5.41) is 0. The molecule has 0 amide bonds. The molecule has 2 rings (SSSR count). The van der Waals surface area contributed by atoms with Gasteiger partial charge >= 0.3 is 0 Å². The molecule has 0 bridgehead atoms. The van der Waals surface area contributed by atoms with Gasteiger partial charge in [-0.1, -0.05) is 42.5 Å². The summed E-state index contributed by atoms with van der Waals surface area (Å²) in [6, 6.07) is 14.7. The van der Waals surface area contributed by atoms with E-state index < -0.39 is 5.67 Å². The highest BCUT2D eigenvalue weighted by Gasteiger charge is 2.18. The third-order valence-corrected chi connectivity index (χ3v) is 2.93. The molecule has 0 aliphatic rings. The van der Waals surface area contributed by atoms with Gasteiger partial charge in [-0.15, -0.1) is 0 Å². The van der Waals surface area contributed by atoms with Crippen LogP contribution in [0.3, 0.4) is 0 Å². The van der Waals surface area contributed by atoms with E-state index >= 15 is 0 Å². The average Bonchev–Trinajstić information content (AvgIpc) is 2.38. The van der Waals surface area contributed by atoms with Crippen molar-refractivity contribution in [2.24, 2.45) is 0 Å². The first-order valence-electron chi connectivity index (χ1n) is 5.86. The normalized spacial score (nSPS) is 11.3. The van der Waals surface area contributed by atoms with Crippen molar-refractivity contribution in [3.63, 3.8) is 0 Å². The van der Waals surface area contributed by atoms with Crippen LogP contribution in [0.5, 0.6) is 0 Å². The molecule has 0 unspecified atom stereocenters. The molecule has 2 aromatic carbocycles. The number of alkyl halides is 1. The van der Waals surface area contributed by atoms with Gasteiger partial charge in [0.05, 0.1) is 0 Å². The van der Waals surface area contributed by atoms with E-state index in [1.807, 2.05) is 30.3 Å². The molecule has 0 aliphatic carbocycles. The lowest BCUT2D eigenvalue weighted by molar-refractivity contribution is 0.112. The molecule has 0 N–H and O–H groups in total. The van der Waals surface area contributed by atoms with Crippen molar-refractivity contribution in [1.29, 1.82) is 0 Å². The van der Waals surface area contributed by atoms with Crippen LogP contribution < -0.4 is 0 Å². The maximum absolute atomic E-state index is 13.7. The van der Waals surface area contributed by atoms with Crippen LogP contribution in [0.15, 0.2) is 48.5 Å². The van der Waals surface area contributed by atoms with Crippen LogP contribution in [0.2, 0.25) is 0 Å². The summed E-state index contributed by atoms with van der Waals surface area (Å²) in [5.41, 5.74) is 1.90. The van der Waals surface area contributed by atoms with Gasteiger partial charge in [-0.3, -0.25) is 4.79 Å². The first-order valence-corrected chi connectivity index (χ1v) is 5.86. The van der Waals surface area contributed by atoms with Gasteiger partial charge in [0.2, 0.25) is 0 Å². The predicted octanol–water partition coefficient (Wildman–Crippen LogP) is 4.37. The molecule has 0 fully saturated rings. The topological polar surface area (TPSA) is 17.1 Å². The van der Waals surface area contributed by atoms with E-state index in [1.165, 1.54) is 13.8 Å². The second-order valence-corrected chi connectivity index (χ2v) is 4.79. The fourth-order valence-electron chi connectivity index (χ4n) is 1.85. The van der Waals surface area contributed by atoms with Crippen LogP contribution >= 0.6 is 0 Å². The van der Waals surface area contributed by atoms with Gasteiger partial charge in [-0.05, 0) is 36.6 Å². The Balaban J connectivity index is 2.37. The highest BCUT2D eigenvalue weighted by atomic mass is 19.1. The van der Waals surface area contributed by atoms with Crippen LogP contribution in [0.4, 0.5) is 4.39 Å². The number of hydrogen-bond donors (Lipinski definition) is 0. The number of carbonyl (C=O) groups is 1. The summed E-state index contributed by atoms with van der Waals surface area (Å²) in [6.45, 7) is 3.07. The molecule has 0 aliphatic heterocycles. The number of benzene rings is 2. The minimum atomic E-state index is -1.33. The Morgan fingerprint density at radius 3 is 2.22 bits per heavy atom. The Bertz CT molecular complexity index is 550. The number of rotatable bonds is 3. The van der Waals surface area contributed by atoms with Gasteiger partial charge in [-0.25, -0.2) is 4.39 Å². The summed E-state index contributed by atoms with van der Waals surface area (Å²) < 4.78 is 13.7. The summed E-state index contributed by atoms with van der Waals surface area (Å²) in [7, 11) is 0. The third-order valence-electron chi connectivity index (χ3n) is 2.93. The van der Waals surface area contributed by atoms with Crippen molar-refractivity contribution in [2.75, 3.05) is 0 Å². The van der Waals surface area contributed by atoms with Crippen LogP contribution in [0.1, 0.15) is 29.8 Å². The summed E-state index contributed by atoms with van der Waals surface area (Å²) in [5.74, 6) is 0. The van der Waals surface area contributed by atoms with Crippen molar-refractivity contribution >= 4 is 6.29 Å². The van der Waals surface area contributed by atoms with Gasteiger partial charge < -0.3 is 0 Å². The molecule has 0 atom stereocenters. The van der Waals surface area contributed by atoms with Gasteiger partial charge in [0.25, 0.3) is 0 Å². The van der Waals surface area contributed by atoms with Crippen molar-refractivity contribution in [3.8, 4) is 11.1 Å². The van der Waals surface area contributed by atoms with Crippen LogP contribution in [-0.2, 0) is 5.67 Å². The summed E-state index contributed by atoms with van der Waals surface area (Å²) >= 11 is 0. The molecule has 0 heterocycles. The number of carbonyl (C=O) groups excluding carboxylic acids is 1. The number of halogens is 1. The third kappa shape index (κ3) is 2.65. The Morgan fingerprint density at radius 1 is 1.00 bits per heavy atom. The van der Waals surface area contributed by atoms with E-state index in [4.69, 9.17) is 0 Å². The molecule has 0 spiro atoms. The van der Waals surface area contributed by atoms with Crippen molar-refractivity contribution in [1.82, 2.24) is 0 Å². The average molecular weight is 242 g/mol. The summed E-state index contributed by atoms with van der Waals surface area (Å²) in [4.78, 5) is 10.7. The molecule has 1 nitrogen and oxygen atoms in total. The van der Waals surface area contributed by atoms with Gasteiger partial charge in [0.15, 0.2) is 0 Å². The largest absolute Gasteiger partial charge is 0.298 e. The van der Waals surface area contributed by atoms with Gasteiger partial charge in [0.1, 0.15) is 12.0 Å². The van der Waals surface area contributed by atoms with E-state index in [0.717, 1.165) is 17.4 Å². The second-order valence-electron chi connectivity index (χ2n) is 4.79. The van der Waals surface area contributed by atoms with Crippen molar-refractivity contribution < 1.29 is 9.18 Å². The lowest BCUT2D eigenvalue weighted by atomic mass is 9.96. The van der Waals surface area contributed by atoms with E-state index in [-0.39, 0.29) is 0 Å². The zero-order chi connectivity index (χ0) is 13.2. The predicted molar refractivity (Wildman–Crippen MR) is 71.4 cm³/mol. The first kappa shape index (κ1) is 12.5. The van der Waals surface area contributed by atoms with E-state index in [0.29, 0.717) is 11.1 Å². The molecule has 0 aromatic heterocycles. The Kier molecular flexibility index (Phi) is 3.28. The monoisotopic (exact) mass is 242 g/mol. The van der Waals surface area contributed by atoms with E-state index in [9.17, 15) is 9.18 Å². The lowest BCUT2D eigenvalue weighted by Crippen LogP contribution is -2.08. The van der Waals surface area contributed by atoms with Crippen LogP contribution in [0.25, 0.3) is 11.1 Å². The highest BCUT2D eigenvalue weighted by molar-refractivity contribution is 5.78. The van der Waals surface area contributed by atoms with E-state index in [1.54, 1.807) is 18.2 Å². The number of aldehydes is 1. The molecule has 18 heavy (non-hydrogen) atoms. The molecule has 0 radical (unpaired) electrons. The Morgan fingerprint density at radius 2 is 1.67 bits per heavy atom. The molecule has 2 heteroatoms. The highest BCUT2D eigenvalue weighted by Crippen LogP contribution is 2.27. The molecular formula is C16H15FO. The summed E-state index contributed by atoms with van der Waals surface area (Å²) in [6.07, 6.45) is 0.822. The lowest BCUT2D eigenvalue weighted by Gasteiger charge is -2.15. The molecule has 0 saturated heterocycles. The van der Waals surface area contributed by atoms with Crippen molar-refractivity contribution in [3.05, 3.63) is 59.7 Å².